The van der Waals surface area contributed by atoms with Crippen LogP contribution in [0.5, 0.6) is 0 Å². The third-order valence-electron chi connectivity index (χ3n) is 5.31. The fraction of sp³-hybridized carbons (Fsp3) is 0.526. The van der Waals surface area contributed by atoms with Crippen LogP contribution >= 0.6 is 0 Å². The van der Waals surface area contributed by atoms with Crippen LogP contribution in [0, 0.1) is 0 Å². The molecule has 27 heavy (non-hydrogen) atoms. The lowest BCUT2D eigenvalue weighted by Crippen LogP contribution is -2.53. The van der Waals surface area contributed by atoms with Crippen LogP contribution in [0.4, 0.5) is 0 Å². The molecule has 8 heteroatoms. The van der Waals surface area contributed by atoms with Gasteiger partial charge in [-0.2, -0.15) is 17.9 Å². The standard InChI is InChI=1S/C19H26N4O3S/c24-19(21-14-9-10-14)18(23-27(25,26)22-15-5-1-2-6-15)11-13-12-20-17-8-4-3-7-16(13)17/h3-4,7-8,12,14-15,18,20,22-23H,1-2,5-6,9-11H2,(H,21,24). The van der Waals surface area contributed by atoms with Gasteiger partial charge < -0.3 is 10.3 Å². The van der Waals surface area contributed by atoms with Gasteiger partial charge in [0.05, 0.1) is 0 Å². The van der Waals surface area contributed by atoms with E-state index in [0.29, 0.717) is 6.42 Å². The summed E-state index contributed by atoms with van der Waals surface area (Å²) in [6.45, 7) is 0. The maximum Gasteiger partial charge on any atom is 0.277 e. The maximum absolute atomic E-state index is 12.7. The lowest BCUT2D eigenvalue weighted by Gasteiger charge is -2.20. The van der Waals surface area contributed by atoms with Crippen LogP contribution in [0.3, 0.4) is 0 Å². The molecule has 1 amide bonds. The van der Waals surface area contributed by atoms with Crippen molar-refractivity contribution in [2.24, 2.45) is 0 Å². The number of aromatic amines is 1. The van der Waals surface area contributed by atoms with Gasteiger partial charge in [-0.3, -0.25) is 4.79 Å². The molecule has 2 aromatic rings. The summed E-state index contributed by atoms with van der Waals surface area (Å²) in [6, 6.07) is 7.10. The van der Waals surface area contributed by atoms with Crippen LogP contribution in [0.15, 0.2) is 30.5 Å². The second-order valence-electron chi connectivity index (χ2n) is 7.62. The Kier molecular flexibility index (Phi) is 5.21. The zero-order chi connectivity index (χ0) is 18.9. The summed E-state index contributed by atoms with van der Waals surface area (Å²) in [5.74, 6) is -0.264. The minimum Gasteiger partial charge on any atom is -0.361 e. The van der Waals surface area contributed by atoms with E-state index in [2.05, 4.69) is 19.7 Å². The van der Waals surface area contributed by atoms with Crippen molar-refractivity contribution in [2.75, 3.05) is 0 Å². The predicted octanol–water partition coefficient (Wildman–Crippen LogP) is 1.72. The molecule has 1 atom stereocenters. The summed E-state index contributed by atoms with van der Waals surface area (Å²) in [5, 5.41) is 3.93. The second-order valence-corrected chi connectivity index (χ2v) is 9.10. The van der Waals surface area contributed by atoms with Crippen molar-refractivity contribution in [3.05, 3.63) is 36.0 Å². The first-order valence-electron chi connectivity index (χ1n) is 9.65. The Balaban J connectivity index is 1.51. The van der Waals surface area contributed by atoms with E-state index in [1.807, 2.05) is 30.5 Å². The lowest BCUT2D eigenvalue weighted by atomic mass is 10.1. The van der Waals surface area contributed by atoms with Gasteiger partial charge in [0.2, 0.25) is 5.91 Å². The summed E-state index contributed by atoms with van der Waals surface area (Å²) in [7, 11) is -3.75. The summed E-state index contributed by atoms with van der Waals surface area (Å²) < 4.78 is 30.5. The van der Waals surface area contributed by atoms with Gasteiger partial charge in [-0.1, -0.05) is 31.0 Å². The van der Waals surface area contributed by atoms with Gasteiger partial charge in [0, 0.05) is 29.2 Å². The number of para-hydroxylation sites is 1. The number of carbonyl (C=O) groups is 1. The molecule has 1 heterocycles. The molecule has 2 aliphatic rings. The van der Waals surface area contributed by atoms with Crippen LogP contribution in [0.25, 0.3) is 10.9 Å². The quantitative estimate of drug-likeness (QED) is 0.552. The molecule has 0 radical (unpaired) electrons. The maximum atomic E-state index is 12.7. The minimum atomic E-state index is -3.75. The highest BCUT2D eigenvalue weighted by Gasteiger charge is 2.31. The number of rotatable bonds is 8. The van der Waals surface area contributed by atoms with Crippen LogP contribution in [-0.4, -0.2) is 37.4 Å². The van der Waals surface area contributed by atoms with Gasteiger partial charge in [-0.15, -0.1) is 0 Å². The highest BCUT2D eigenvalue weighted by Crippen LogP contribution is 2.22. The zero-order valence-electron chi connectivity index (χ0n) is 15.2. The molecule has 7 nitrogen and oxygen atoms in total. The average molecular weight is 391 g/mol. The number of H-pyrrole nitrogens is 1. The van der Waals surface area contributed by atoms with Crippen molar-refractivity contribution in [3.8, 4) is 0 Å². The fourth-order valence-corrected chi connectivity index (χ4v) is 5.03. The number of hydrogen-bond donors (Lipinski definition) is 4. The Morgan fingerprint density at radius 2 is 1.85 bits per heavy atom. The Morgan fingerprint density at radius 3 is 2.59 bits per heavy atom. The molecule has 4 N–H and O–H groups in total. The van der Waals surface area contributed by atoms with E-state index in [1.54, 1.807) is 0 Å². The second kappa shape index (κ2) is 7.61. The number of benzene rings is 1. The van der Waals surface area contributed by atoms with Gasteiger partial charge >= 0.3 is 0 Å². The monoisotopic (exact) mass is 390 g/mol. The first-order chi connectivity index (χ1) is 13.0. The number of hydrogen-bond acceptors (Lipinski definition) is 3. The molecule has 2 aliphatic carbocycles. The lowest BCUT2D eigenvalue weighted by molar-refractivity contribution is -0.122. The molecular formula is C19H26N4O3S. The molecular weight excluding hydrogens is 364 g/mol. The number of carbonyl (C=O) groups excluding carboxylic acids is 1. The SMILES string of the molecule is O=C(NC1CC1)C(Cc1c[nH]c2ccccc12)NS(=O)(=O)NC1CCCC1. The fourth-order valence-electron chi connectivity index (χ4n) is 3.72. The van der Waals surface area contributed by atoms with E-state index in [4.69, 9.17) is 0 Å². The molecule has 146 valence electrons. The van der Waals surface area contributed by atoms with Crippen LogP contribution < -0.4 is 14.8 Å². The summed E-state index contributed by atoms with van der Waals surface area (Å²) in [5.41, 5.74) is 1.89. The molecule has 2 fully saturated rings. The Labute approximate surface area is 159 Å². The van der Waals surface area contributed by atoms with Crippen molar-refractivity contribution in [3.63, 3.8) is 0 Å². The zero-order valence-corrected chi connectivity index (χ0v) is 16.0. The van der Waals surface area contributed by atoms with E-state index < -0.39 is 16.3 Å². The molecule has 1 aromatic heterocycles. The average Bonchev–Trinajstić information content (AvgIpc) is 3.13. The van der Waals surface area contributed by atoms with Gasteiger partial charge in [0.15, 0.2) is 0 Å². The number of amides is 1. The minimum absolute atomic E-state index is 0.0391. The van der Waals surface area contributed by atoms with Crippen molar-refractivity contribution < 1.29 is 13.2 Å². The number of fused-ring (bicyclic) bond motifs is 1. The van der Waals surface area contributed by atoms with Crippen LogP contribution in [-0.2, 0) is 21.4 Å². The molecule has 4 rings (SSSR count). The normalized spacial score (nSPS) is 19.4. The highest BCUT2D eigenvalue weighted by atomic mass is 32.2. The molecule has 2 saturated carbocycles. The Hall–Kier alpha value is -1.90. The van der Waals surface area contributed by atoms with Crippen molar-refractivity contribution in [2.45, 2.75) is 63.1 Å². The molecule has 0 spiro atoms. The number of aromatic nitrogens is 1. The van der Waals surface area contributed by atoms with Crippen LogP contribution in [0.1, 0.15) is 44.1 Å². The molecule has 1 aromatic carbocycles. The van der Waals surface area contributed by atoms with Crippen molar-refractivity contribution >= 4 is 27.0 Å². The summed E-state index contributed by atoms with van der Waals surface area (Å²) in [4.78, 5) is 15.9. The molecule has 0 aliphatic heterocycles. The van der Waals surface area contributed by atoms with Gasteiger partial charge in [-0.25, -0.2) is 0 Å². The van der Waals surface area contributed by atoms with Gasteiger partial charge in [-0.05, 0) is 43.7 Å². The van der Waals surface area contributed by atoms with E-state index in [0.717, 1.165) is 55.0 Å². The Morgan fingerprint density at radius 1 is 1.11 bits per heavy atom. The highest BCUT2D eigenvalue weighted by molar-refractivity contribution is 7.87. The van der Waals surface area contributed by atoms with Crippen LogP contribution in [0.2, 0.25) is 0 Å². The predicted molar refractivity (Wildman–Crippen MR) is 104 cm³/mol. The molecule has 0 bridgehead atoms. The van der Waals surface area contributed by atoms with Gasteiger partial charge in [0.1, 0.15) is 6.04 Å². The first-order valence-corrected chi connectivity index (χ1v) is 11.1. The number of nitrogens with one attached hydrogen (secondary N) is 4. The first kappa shape index (κ1) is 18.5. The van der Waals surface area contributed by atoms with Crippen molar-refractivity contribution in [1.29, 1.82) is 0 Å². The van der Waals surface area contributed by atoms with E-state index >= 15 is 0 Å². The molecule has 1 unspecified atom stereocenters. The smallest absolute Gasteiger partial charge is 0.277 e. The molecule has 0 saturated heterocycles. The van der Waals surface area contributed by atoms with E-state index in [9.17, 15) is 13.2 Å². The largest absolute Gasteiger partial charge is 0.361 e. The van der Waals surface area contributed by atoms with Gasteiger partial charge in [0.25, 0.3) is 10.2 Å². The topological polar surface area (TPSA) is 103 Å². The summed E-state index contributed by atoms with van der Waals surface area (Å²) in [6.07, 6.45) is 7.83. The Bertz CT molecular complexity index is 914. The third-order valence-corrected chi connectivity index (χ3v) is 6.55. The van der Waals surface area contributed by atoms with E-state index in [-0.39, 0.29) is 18.0 Å². The summed E-state index contributed by atoms with van der Waals surface area (Å²) >= 11 is 0. The van der Waals surface area contributed by atoms with E-state index in [1.165, 1.54) is 0 Å². The van der Waals surface area contributed by atoms with Crippen molar-refractivity contribution in [1.82, 2.24) is 19.7 Å². The third kappa shape index (κ3) is 4.69.